The molecule has 0 bridgehead atoms. The van der Waals surface area contributed by atoms with Crippen molar-refractivity contribution < 1.29 is 19.1 Å². The number of carbonyl (C=O) groups is 2. The predicted molar refractivity (Wildman–Crippen MR) is 105 cm³/mol. The molecule has 0 saturated carbocycles. The van der Waals surface area contributed by atoms with Crippen LogP contribution in [0.4, 0.5) is 5.69 Å². The summed E-state index contributed by atoms with van der Waals surface area (Å²) in [5.41, 5.74) is 6.75. The lowest BCUT2D eigenvalue weighted by atomic mass is 10.0. The number of amides is 2. The smallest absolute Gasteiger partial charge is 0.227 e. The fourth-order valence-corrected chi connectivity index (χ4v) is 3.17. The molecule has 2 amide bonds. The second kappa shape index (κ2) is 9.08. The minimum Gasteiger partial charge on any atom is -0.497 e. The van der Waals surface area contributed by atoms with Crippen LogP contribution >= 0.6 is 0 Å². The molecule has 7 heteroatoms. The van der Waals surface area contributed by atoms with Gasteiger partial charge in [0.15, 0.2) is 0 Å². The van der Waals surface area contributed by atoms with Gasteiger partial charge < -0.3 is 25.0 Å². The van der Waals surface area contributed by atoms with Crippen molar-refractivity contribution in [2.75, 3.05) is 39.3 Å². The number of rotatable bonds is 8. The summed E-state index contributed by atoms with van der Waals surface area (Å²) >= 11 is 0. The van der Waals surface area contributed by atoms with E-state index in [0.717, 1.165) is 6.42 Å². The lowest BCUT2D eigenvalue weighted by Gasteiger charge is -2.24. The zero-order valence-electron chi connectivity index (χ0n) is 16.9. The summed E-state index contributed by atoms with van der Waals surface area (Å²) in [7, 11) is 4.90. The SMILES string of the molecule is COc1cc(OC)cc(N2CC(C(=O)N(C)CCC(N)C(C)C)CC2=O)c1. The number of methoxy groups -OCH3 is 2. The molecule has 0 radical (unpaired) electrons. The van der Waals surface area contributed by atoms with E-state index in [0.29, 0.717) is 36.2 Å². The van der Waals surface area contributed by atoms with Crippen molar-refractivity contribution in [3.63, 3.8) is 0 Å². The zero-order chi connectivity index (χ0) is 20.1. The molecule has 2 unspecified atom stereocenters. The van der Waals surface area contributed by atoms with Crippen LogP contribution in [0.3, 0.4) is 0 Å². The maximum atomic E-state index is 12.8. The maximum Gasteiger partial charge on any atom is 0.227 e. The van der Waals surface area contributed by atoms with Gasteiger partial charge in [-0.3, -0.25) is 9.59 Å². The third kappa shape index (κ3) is 5.13. The number of hydrogen-bond acceptors (Lipinski definition) is 5. The quantitative estimate of drug-likeness (QED) is 0.748. The van der Waals surface area contributed by atoms with E-state index in [2.05, 4.69) is 13.8 Å². The number of hydrogen-bond donors (Lipinski definition) is 1. The Hall–Kier alpha value is -2.28. The van der Waals surface area contributed by atoms with Gasteiger partial charge in [-0.05, 0) is 12.3 Å². The fourth-order valence-electron chi connectivity index (χ4n) is 3.17. The van der Waals surface area contributed by atoms with E-state index in [1.165, 1.54) is 0 Å². The molecule has 0 aliphatic carbocycles. The van der Waals surface area contributed by atoms with E-state index in [4.69, 9.17) is 15.2 Å². The molecule has 2 rings (SSSR count). The van der Waals surface area contributed by atoms with Crippen molar-refractivity contribution in [1.29, 1.82) is 0 Å². The average molecular weight is 377 g/mol. The van der Waals surface area contributed by atoms with Gasteiger partial charge in [0.25, 0.3) is 0 Å². The molecule has 2 atom stereocenters. The zero-order valence-corrected chi connectivity index (χ0v) is 16.9. The third-order valence-corrected chi connectivity index (χ3v) is 5.15. The normalized spacial score (nSPS) is 18.0. The van der Waals surface area contributed by atoms with Crippen molar-refractivity contribution in [2.24, 2.45) is 17.6 Å². The molecular formula is C20H31N3O4. The van der Waals surface area contributed by atoms with Crippen molar-refractivity contribution >= 4 is 17.5 Å². The van der Waals surface area contributed by atoms with E-state index in [1.807, 2.05) is 0 Å². The molecule has 1 saturated heterocycles. The van der Waals surface area contributed by atoms with Crippen LogP contribution in [0.5, 0.6) is 11.5 Å². The summed E-state index contributed by atoms with van der Waals surface area (Å²) < 4.78 is 10.5. The highest BCUT2D eigenvalue weighted by Gasteiger charge is 2.36. The van der Waals surface area contributed by atoms with E-state index in [1.54, 1.807) is 49.3 Å². The molecule has 27 heavy (non-hydrogen) atoms. The molecular weight excluding hydrogens is 346 g/mol. The minimum atomic E-state index is -0.352. The monoisotopic (exact) mass is 377 g/mol. The topological polar surface area (TPSA) is 85.1 Å². The molecule has 2 N–H and O–H groups in total. The van der Waals surface area contributed by atoms with Crippen LogP contribution in [0.1, 0.15) is 26.7 Å². The molecule has 1 fully saturated rings. The summed E-state index contributed by atoms with van der Waals surface area (Å²) in [4.78, 5) is 28.6. The van der Waals surface area contributed by atoms with Crippen molar-refractivity contribution in [3.8, 4) is 11.5 Å². The molecule has 1 aromatic rings. The van der Waals surface area contributed by atoms with Crippen molar-refractivity contribution in [3.05, 3.63) is 18.2 Å². The second-order valence-electron chi connectivity index (χ2n) is 7.43. The van der Waals surface area contributed by atoms with Crippen LogP contribution in [0, 0.1) is 11.8 Å². The van der Waals surface area contributed by atoms with Gasteiger partial charge in [-0.1, -0.05) is 13.8 Å². The van der Waals surface area contributed by atoms with Crippen molar-refractivity contribution in [2.45, 2.75) is 32.7 Å². The highest BCUT2D eigenvalue weighted by Crippen LogP contribution is 2.32. The first-order valence-electron chi connectivity index (χ1n) is 9.30. The first-order valence-corrected chi connectivity index (χ1v) is 9.30. The third-order valence-electron chi connectivity index (χ3n) is 5.15. The van der Waals surface area contributed by atoms with Gasteiger partial charge in [0.05, 0.1) is 25.8 Å². The second-order valence-corrected chi connectivity index (χ2v) is 7.43. The van der Waals surface area contributed by atoms with E-state index in [-0.39, 0.29) is 30.2 Å². The molecule has 1 heterocycles. The van der Waals surface area contributed by atoms with Crippen LogP contribution in [-0.2, 0) is 9.59 Å². The Morgan fingerprint density at radius 3 is 2.37 bits per heavy atom. The Morgan fingerprint density at radius 2 is 1.85 bits per heavy atom. The Kier molecular flexibility index (Phi) is 7.07. The number of benzene rings is 1. The molecule has 1 aliphatic rings. The highest BCUT2D eigenvalue weighted by molar-refractivity contribution is 6.00. The predicted octanol–water partition coefficient (Wildman–Crippen LogP) is 1.89. The highest BCUT2D eigenvalue weighted by atomic mass is 16.5. The van der Waals surface area contributed by atoms with Gasteiger partial charge in [0, 0.05) is 50.8 Å². The van der Waals surface area contributed by atoms with Crippen LogP contribution in [0.25, 0.3) is 0 Å². The van der Waals surface area contributed by atoms with E-state index < -0.39 is 0 Å². The number of nitrogens with two attached hydrogens (primary N) is 1. The minimum absolute atomic E-state index is 0.0170. The largest absolute Gasteiger partial charge is 0.497 e. The Balaban J connectivity index is 2.05. The maximum absolute atomic E-state index is 12.8. The Morgan fingerprint density at radius 1 is 1.26 bits per heavy atom. The van der Waals surface area contributed by atoms with Crippen LogP contribution < -0.4 is 20.1 Å². The van der Waals surface area contributed by atoms with Gasteiger partial charge in [-0.2, -0.15) is 0 Å². The van der Waals surface area contributed by atoms with E-state index >= 15 is 0 Å². The fraction of sp³-hybridized carbons (Fsp3) is 0.600. The van der Waals surface area contributed by atoms with Gasteiger partial charge >= 0.3 is 0 Å². The molecule has 0 spiro atoms. The summed E-state index contributed by atoms with van der Waals surface area (Å²) in [6.45, 7) is 5.09. The molecule has 0 aromatic heterocycles. The molecule has 7 nitrogen and oxygen atoms in total. The summed E-state index contributed by atoms with van der Waals surface area (Å²) in [6, 6.07) is 5.36. The first kappa shape index (κ1) is 21.0. The average Bonchev–Trinajstić information content (AvgIpc) is 3.06. The van der Waals surface area contributed by atoms with Crippen molar-refractivity contribution in [1.82, 2.24) is 4.90 Å². The number of anilines is 1. The first-order chi connectivity index (χ1) is 12.8. The Labute approximate surface area is 161 Å². The van der Waals surface area contributed by atoms with Crippen LogP contribution in [0.15, 0.2) is 18.2 Å². The molecule has 150 valence electrons. The van der Waals surface area contributed by atoms with Gasteiger partial charge in [-0.25, -0.2) is 0 Å². The lowest BCUT2D eigenvalue weighted by molar-refractivity contribution is -0.134. The van der Waals surface area contributed by atoms with Crippen LogP contribution in [0.2, 0.25) is 0 Å². The van der Waals surface area contributed by atoms with Gasteiger partial charge in [-0.15, -0.1) is 0 Å². The van der Waals surface area contributed by atoms with Crippen LogP contribution in [-0.4, -0.2) is 57.1 Å². The molecule has 1 aromatic carbocycles. The number of carbonyl (C=O) groups excluding carboxylic acids is 2. The van der Waals surface area contributed by atoms with Gasteiger partial charge in [0.1, 0.15) is 11.5 Å². The summed E-state index contributed by atoms with van der Waals surface area (Å²) in [5.74, 6) is 1.14. The summed E-state index contributed by atoms with van der Waals surface area (Å²) in [6.07, 6.45) is 0.955. The molecule has 1 aliphatic heterocycles. The van der Waals surface area contributed by atoms with Gasteiger partial charge in [0.2, 0.25) is 11.8 Å². The Bertz CT molecular complexity index is 655. The standard InChI is InChI=1S/C20H31N3O4/c1-13(2)18(21)6-7-22(3)20(25)14-8-19(24)23(12-14)15-9-16(26-4)11-17(10-15)27-5/h9-11,13-14,18H,6-8,12,21H2,1-5H3. The van der Waals surface area contributed by atoms with E-state index in [9.17, 15) is 9.59 Å². The number of ether oxygens (including phenoxy) is 2. The summed E-state index contributed by atoms with van der Waals surface area (Å²) in [5, 5.41) is 0. The lowest BCUT2D eigenvalue weighted by Crippen LogP contribution is -2.38. The number of nitrogens with zero attached hydrogens (tertiary/aromatic N) is 2.